The Hall–Kier alpha value is -4.28. The van der Waals surface area contributed by atoms with Gasteiger partial charge in [-0.25, -0.2) is 8.42 Å². The number of aryl methyl sites for hydroxylation is 1. The van der Waals surface area contributed by atoms with Gasteiger partial charge in [0.1, 0.15) is 18.3 Å². The van der Waals surface area contributed by atoms with Crippen molar-refractivity contribution in [3.8, 4) is 5.75 Å². The summed E-state index contributed by atoms with van der Waals surface area (Å²) in [4.78, 5) is 30.9. The topological polar surface area (TPSA) is 96.0 Å². The van der Waals surface area contributed by atoms with E-state index in [1.807, 2.05) is 81.6 Å². The number of benzene rings is 4. The van der Waals surface area contributed by atoms with Crippen molar-refractivity contribution in [1.29, 1.82) is 0 Å². The largest absolute Gasteiger partial charge is 0.494 e. The monoisotopic (exact) mass is 673 g/mol. The number of anilines is 1. The molecule has 1 atom stereocenters. The van der Waals surface area contributed by atoms with E-state index in [-0.39, 0.29) is 23.8 Å². The molecule has 2 amide bonds. The second kappa shape index (κ2) is 17.0. The molecule has 0 aliphatic carbocycles. The Morgan fingerprint density at radius 3 is 2.15 bits per heavy atom. The third-order valence-corrected chi connectivity index (χ3v) is 10.3. The van der Waals surface area contributed by atoms with E-state index in [9.17, 15) is 18.0 Å². The van der Waals surface area contributed by atoms with E-state index in [2.05, 4.69) is 5.32 Å². The minimum absolute atomic E-state index is 0.0592. The van der Waals surface area contributed by atoms with Crippen LogP contribution in [0.1, 0.15) is 37.0 Å². The van der Waals surface area contributed by atoms with Gasteiger partial charge in [0, 0.05) is 24.4 Å². The maximum absolute atomic E-state index is 14.6. The van der Waals surface area contributed by atoms with Crippen molar-refractivity contribution in [2.75, 3.05) is 30.3 Å². The Morgan fingerprint density at radius 1 is 0.872 bits per heavy atom. The van der Waals surface area contributed by atoms with Crippen LogP contribution in [0, 0.1) is 6.92 Å². The number of hydrogen-bond donors (Lipinski definition) is 1. The Morgan fingerprint density at radius 2 is 1.53 bits per heavy atom. The molecule has 4 aromatic carbocycles. The van der Waals surface area contributed by atoms with Crippen LogP contribution in [0.3, 0.4) is 0 Å². The molecule has 0 saturated heterocycles. The Labute approximate surface area is 283 Å². The van der Waals surface area contributed by atoms with E-state index in [1.54, 1.807) is 48.5 Å². The number of sulfonamides is 1. The minimum atomic E-state index is -4.20. The number of amides is 2. The van der Waals surface area contributed by atoms with Gasteiger partial charge in [0.25, 0.3) is 10.0 Å². The number of carbonyl (C=O) groups is 2. The molecule has 248 valence electrons. The van der Waals surface area contributed by atoms with E-state index in [4.69, 9.17) is 4.74 Å². The van der Waals surface area contributed by atoms with Crippen LogP contribution in [0.5, 0.6) is 5.75 Å². The molecule has 8 nitrogen and oxygen atoms in total. The van der Waals surface area contributed by atoms with E-state index in [1.165, 1.54) is 16.7 Å². The molecule has 4 aromatic rings. The van der Waals surface area contributed by atoms with Gasteiger partial charge in [-0.3, -0.25) is 13.9 Å². The van der Waals surface area contributed by atoms with Gasteiger partial charge in [0.15, 0.2) is 0 Å². The van der Waals surface area contributed by atoms with Gasteiger partial charge < -0.3 is 15.0 Å². The van der Waals surface area contributed by atoms with Crippen LogP contribution in [-0.2, 0) is 32.6 Å². The van der Waals surface area contributed by atoms with Crippen LogP contribution in [0.25, 0.3) is 0 Å². The highest BCUT2D eigenvalue weighted by molar-refractivity contribution is 7.98. The second-order valence-corrected chi connectivity index (χ2v) is 13.8. The lowest BCUT2D eigenvalue weighted by molar-refractivity contribution is -0.140. The highest BCUT2D eigenvalue weighted by Gasteiger charge is 2.34. The Kier molecular flexibility index (Phi) is 12.9. The molecule has 0 saturated carbocycles. The van der Waals surface area contributed by atoms with Crippen molar-refractivity contribution in [2.45, 2.75) is 56.0 Å². The van der Waals surface area contributed by atoms with Crippen LogP contribution in [0.2, 0.25) is 0 Å². The number of ether oxygens (including phenoxy) is 1. The van der Waals surface area contributed by atoms with Gasteiger partial charge in [-0.05, 0) is 91.7 Å². The normalized spacial score (nSPS) is 11.8. The smallest absolute Gasteiger partial charge is 0.264 e. The SMILES string of the molecule is CCCNC(=O)[C@H](Cc1ccccc1)N(Cc1ccccc1C)C(=O)CN(c1ccc(OCC)cc1)S(=O)(=O)c1ccc(SC)cc1. The average Bonchev–Trinajstić information content (AvgIpc) is 3.09. The van der Waals surface area contributed by atoms with E-state index in [0.29, 0.717) is 24.6 Å². The zero-order valence-corrected chi connectivity index (χ0v) is 29.0. The predicted octanol–water partition coefficient (Wildman–Crippen LogP) is 6.48. The summed E-state index contributed by atoms with van der Waals surface area (Å²) < 4.78 is 35.3. The molecular formula is C37H43N3O5S2. The van der Waals surface area contributed by atoms with Crippen molar-refractivity contribution in [3.63, 3.8) is 0 Å². The first kappa shape index (κ1) is 35.6. The standard InChI is InChI=1S/C37H43N3O5S2/c1-5-24-38-37(42)35(25-29-13-8-7-9-14-29)39(26-30-15-11-10-12-28(30)3)36(41)27-40(31-16-18-32(19-17-31)45-6-2)47(43,44)34-22-20-33(46-4)21-23-34/h7-23,35H,5-6,24-27H2,1-4H3,(H,38,42)/t35-/m0/s1. The quantitative estimate of drug-likeness (QED) is 0.137. The molecule has 0 unspecified atom stereocenters. The Balaban J connectivity index is 1.80. The van der Waals surface area contributed by atoms with Crippen LogP contribution in [0.15, 0.2) is 113 Å². The van der Waals surface area contributed by atoms with Gasteiger partial charge in [-0.15, -0.1) is 11.8 Å². The molecule has 4 rings (SSSR count). The molecule has 0 spiro atoms. The van der Waals surface area contributed by atoms with Gasteiger partial charge in [0.2, 0.25) is 11.8 Å². The minimum Gasteiger partial charge on any atom is -0.494 e. The van der Waals surface area contributed by atoms with Crippen LogP contribution < -0.4 is 14.4 Å². The fourth-order valence-electron chi connectivity index (χ4n) is 5.17. The van der Waals surface area contributed by atoms with Gasteiger partial charge in [-0.1, -0.05) is 61.5 Å². The molecular weight excluding hydrogens is 631 g/mol. The van der Waals surface area contributed by atoms with Crippen LogP contribution >= 0.6 is 11.8 Å². The number of rotatable bonds is 16. The molecule has 0 aromatic heterocycles. The van der Waals surface area contributed by atoms with Gasteiger partial charge in [0.05, 0.1) is 17.2 Å². The first-order valence-electron chi connectivity index (χ1n) is 15.7. The lowest BCUT2D eigenvalue weighted by Crippen LogP contribution is -2.53. The summed E-state index contributed by atoms with van der Waals surface area (Å²) in [6.45, 7) is 6.31. The van der Waals surface area contributed by atoms with Crippen LogP contribution in [0.4, 0.5) is 5.69 Å². The molecule has 1 N–H and O–H groups in total. The fourth-order valence-corrected chi connectivity index (χ4v) is 6.99. The highest BCUT2D eigenvalue weighted by Crippen LogP contribution is 2.28. The molecule has 0 fully saturated rings. The molecule has 0 radical (unpaired) electrons. The van der Waals surface area contributed by atoms with Crippen molar-refractivity contribution in [3.05, 3.63) is 120 Å². The maximum atomic E-state index is 14.6. The molecule has 47 heavy (non-hydrogen) atoms. The zero-order chi connectivity index (χ0) is 33.8. The fraction of sp³-hybridized carbons (Fsp3) is 0.297. The summed E-state index contributed by atoms with van der Waals surface area (Å²) in [7, 11) is -4.20. The number of nitrogens with one attached hydrogen (secondary N) is 1. The molecule has 10 heteroatoms. The molecule has 0 aliphatic rings. The summed E-state index contributed by atoms with van der Waals surface area (Å²) in [5.41, 5.74) is 3.02. The van der Waals surface area contributed by atoms with E-state index in [0.717, 1.165) is 32.3 Å². The summed E-state index contributed by atoms with van der Waals surface area (Å²) >= 11 is 1.51. The highest BCUT2D eigenvalue weighted by atomic mass is 32.2. The van der Waals surface area contributed by atoms with Crippen molar-refractivity contribution < 1.29 is 22.7 Å². The second-order valence-electron chi connectivity index (χ2n) is 11.1. The van der Waals surface area contributed by atoms with Crippen molar-refractivity contribution in [2.24, 2.45) is 0 Å². The maximum Gasteiger partial charge on any atom is 0.264 e. The number of hydrogen-bond acceptors (Lipinski definition) is 6. The van der Waals surface area contributed by atoms with Crippen LogP contribution in [-0.4, -0.2) is 57.1 Å². The predicted molar refractivity (Wildman–Crippen MR) is 189 cm³/mol. The lowest BCUT2D eigenvalue weighted by Gasteiger charge is -2.34. The molecule has 0 bridgehead atoms. The summed E-state index contributed by atoms with van der Waals surface area (Å²) in [6, 6.07) is 29.6. The van der Waals surface area contributed by atoms with E-state index >= 15 is 0 Å². The zero-order valence-electron chi connectivity index (χ0n) is 27.4. The lowest BCUT2D eigenvalue weighted by atomic mass is 10.0. The number of nitrogens with zero attached hydrogens (tertiary/aromatic N) is 2. The molecule has 0 heterocycles. The number of carbonyl (C=O) groups excluding carboxylic acids is 2. The first-order chi connectivity index (χ1) is 22.7. The van der Waals surface area contributed by atoms with Gasteiger partial charge >= 0.3 is 0 Å². The van der Waals surface area contributed by atoms with Gasteiger partial charge in [-0.2, -0.15) is 0 Å². The third kappa shape index (κ3) is 9.39. The summed E-state index contributed by atoms with van der Waals surface area (Å²) in [5.74, 6) is -0.208. The van der Waals surface area contributed by atoms with Crippen molar-refractivity contribution in [1.82, 2.24) is 10.2 Å². The Bertz CT molecular complexity index is 1710. The number of thioether (sulfide) groups is 1. The summed E-state index contributed by atoms with van der Waals surface area (Å²) in [5, 5.41) is 2.98. The van der Waals surface area contributed by atoms with Crippen molar-refractivity contribution >= 4 is 39.3 Å². The molecule has 0 aliphatic heterocycles. The summed E-state index contributed by atoms with van der Waals surface area (Å²) in [6.07, 6.45) is 2.91. The first-order valence-corrected chi connectivity index (χ1v) is 18.4. The van der Waals surface area contributed by atoms with E-state index < -0.39 is 28.5 Å². The third-order valence-electron chi connectivity index (χ3n) is 7.78. The average molecular weight is 674 g/mol.